The van der Waals surface area contributed by atoms with Crippen LogP contribution in [0.1, 0.15) is 15.9 Å². The zero-order valence-electron chi connectivity index (χ0n) is 7.44. The zero-order valence-corrected chi connectivity index (χ0v) is 8.26. The highest BCUT2D eigenvalue weighted by Gasteiger charge is 2.11. The second-order valence-corrected chi connectivity index (χ2v) is 4.00. The van der Waals surface area contributed by atoms with Crippen molar-refractivity contribution in [2.24, 2.45) is 0 Å². The molecule has 0 fully saturated rings. The Morgan fingerprint density at radius 2 is 2.14 bits per heavy atom. The number of thiophene rings is 1. The van der Waals surface area contributed by atoms with E-state index >= 15 is 0 Å². The number of aryl methyl sites for hydroxylation is 1. The lowest BCUT2D eigenvalue weighted by Crippen LogP contribution is -1.98. The van der Waals surface area contributed by atoms with E-state index in [4.69, 9.17) is 5.11 Å². The normalized spacial score (nSPS) is 10.6. The fourth-order valence-electron chi connectivity index (χ4n) is 1.39. The number of carboxylic acid groups (broad SMARTS) is 1. The number of aromatic hydroxyl groups is 1. The Morgan fingerprint density at radius 3 is 2.79 bits per heavy atom. The molecule has 0 saturated heterocycles. The van der Waals surface area contributed by atoms with Gasteiger partial charge in [-0.05, 0) is 24.6 Å². The Labute approximate surface area is 84.2 Å². The third-order valence-electron chi connectivity index (χ3n) is 2.13. The van der Waals surface area contributed by atoms with Crippen LogP contribution in [0.3, 0.4) is 0 Å². The highest BCUT2D eigenvalue weighted by atomic mass is 32.1. The summed E-state index contributed by atoms with van der Waals surface area (Å²) in [4.78, 5) is 10.8. The molecule has 14 heavy (non-hydrogen) atoms. The SMILES string of the molecule is Cc1cc2scc(O)c2cc1C(=O)O. The molecule has 2 aromatic rings. The van der Waals surface area contributed by atoms with Gasteiger partial charge in [0, 0.05) is 15.5 Å². The highest BCUT2D eigenvalue weighted by Crippen LogP contribution is 2.33. The molecule has 0 bridgehead atoms. The van der Waals surface area contributed by atoms with E-state index in [1.807, 2.05) is 0 Å². The van der Waals surface area contributed by atoms with E-state index in [2.05, 4.69) is 0 Å². The molecule has 0 radical (unpaired) electrons. The van der Waals surface area contributed by atoms with Gasteiger partial charge in [0.05, 0.1) is 5.56 Å². The van der Waals surface area contributed by atoms with E-state index < -0.39 is 5.97 Å². The number of hydrogen-bond donors (Lipinski definition) is 2. The summed E-state index contributed by atoms with van der Waals surface area (Å²) in [5.74, 6) is -0.817. The summed E-state index contributed by atoms with van der Waals surface area (Å²) in [6, 6.07) is 3.29. The summed E-state index contributed by atoms with van der Waals surface area (Å²) >= 11 is 1.41. The second-order valence-electron chi connectivity index (χ2n) is 3.09. The van der Waals surface area contributed by atoms with Crippen LogP contribution >= 0.6 is 11.3 Å². The van der Waals surface area contributed by atoms with Crippen molar-refractivity contribution in [3.8, 4) is 5.75 Å². The molecular weight excluding hydrogens is 200 g/mol. The average Bonchev–Trinajstić information content (AvgIpc) is 2.46. The van der Waals surface area contributed by atoms with Gasteiger partial charge in [-0.1, -0.05) is 0 Å². The van der Waals surface area contributed by atoms with Crippen LogP contribution in [0.2, 0.25) is 0 Å². The van der Waals surface area contributed by atoms with Crippen molar-refractivity contribution in [1.29, 1.82) is 0 Å². The van der Waals surface area contributed by atoms with Gasteiger partial charge in [0.2, 0.25) is 0 Å². The number of aromatic carboxylic acids is 1. The van der Waals surface area contributed by atoms with Gasteiger partial charge in [-0.25, -0.2) is 4.79 Å². The Kier molecular flexibility index (Phi) is 1.93. The number of rotatable bonds is 1. The molecule has 1 aromatic heterocycles. The van der Waals surface area contributed by atoms with Crippen LogP contribution in [0.4, 0.5) is 0 Å². The topological polar surface area (TPSA) is 57.5 Å². The zero-order chi connectivity index (χ0) is 10.3. The quantitative estimate of drug-likeness (QED) is 0.757. The summed E-state index contributed by atoms with van der Waals surface area (Å²) in [5.41, 5.74) is 0.957. The fraction of sp³-hybridized carbons (Fsp3) is 0.100. The number of hydrogen-bond acceptors (Lipinski definition) is 3. The average molecular weight is 208 g/mol. The van der Waals surface area contributed by atoms with Crippen LogP contribution in [0.25, 0.3) is 10.1 Å². The van der Waals surface area contributed by atoms with Crippen LogP contribution in [0, 0.1) is 6.92 Å². The van der Waals surface area contributed by atoms with E-state index in [0.29, 0.717) is 10.9 Å². The Hall–Kier alpha value is -1.55. The number of carboxylic acids is 1. The molecule has 72 valence electrons. The van der Waals surface area contributed by atoms with E-state index in [9.17, 15) is 9.90 Å². The first-order valence-corrected chi connectivity index (χ1v) is 4.91. The van der Waals surface area contributed by atoms with Crippen molar-refractivity contribution >= 4 is 27.4 Å². The van der Waals surface area contributed by atoms with Crippen LogP contribution in [0.5, 0.6) is 5.75 Å². The maximum absolute atomic E-state index is 10.8. The van der Waals surface area contributed by atoms with Crippen LogP contribution < -0.4 is 0 Å². The highest BCUT2D eigenvalue weighted by molar-refractivity contribution is 7.17. The molecule has 0 spiro atoms. The van der Waals surface area contributed by atoms with Gasteiger partial charge in [-0.3, -0.25) is 0 Å². The molecule has 0 aliphatic rings. The lowest BCUT2D eigenvalue weighted by atomic mass is 10.1. The smallest absolute Gasteiger partial charge is 0.335 e. The Balaban J connectivity index is 2.80. The monoisotopic (exact) mass is 208 g/mol. The van der Waals surface area contributed by atoms with Gasteiger partial charge in [0.15, 0.2) is 0 Å². The van der Waals surface area contributed by atoms with Gasteiger partial charge in [-0.15, -0.1) is 11.3 Å². The number of benzene rings is 1. The van der Waals surface area contributed by atoms with Crippen molar-refractivity contribution in [1.82, 2.24) is 0 Å². The van der Waals surface area contributed by atoms with Gasteiger partial charge in [-0.2, -0.15) is 0 Å². The summed E-state index contributed by atoms with van der Waals surface area (Å²) < 4.78 is 0.907. The van der Waals surface area contributed by atoms with Crippen molar-refractivity contribution < 1.29 is 15.0 Å². The molecule has 0 unspecified atom stereocenters. The first-order valence-electron chi connectivity index (χ1n) is 4.03. The molecule has 0 saturated carbocycles. The summed E-state index contributed by atoms with van der Waals surface area (Å²) in [6.45, 7) is 1.75. The molecule has 3 nitrogen and oxygen atoms in total. The van der Waals surface area contributed by atoms with Crippen molar-refractivity contribution in [3.63, 3.8) is 0 Å². The van der Waals surface area contributed by atoms with Gasteiger partial charge < -0.3 is 10.2 Å². The Bertz CT molecular complexity index is 513. The first kappa shape index (κ1) is 9.02. The third-order valence-corrected chi connectivity index (χ3v) is 3.06. The predicted molar refractivity (Wildman–Crippen MR) is 55.2 cm³/mol. The van der Waals surface area contributed by atoms with E-state index in [1.165, 1.54) is 17.4 Å². The lowest BCUT2D eigenvalue weighted by Gasteiger charge is -2.00. The third kappa shape index (κ3) is 1.24. The minimum Gasteiger partial charge on any atom is -0.506 e. The van der Waals surface area contributed by atoms with Crippen molar-refractivity contribution in [3.05, 3.63) is 28.6 Å². The molecule has 1 heterocycles. The van der Waals surface area contributed by atoms with Crippen LogP contribution in [-0.4, -0.2) is 16.2 Å². The largest absolute Gasteiger partial charge is 0.506 e. The molecule has 4 heteroatoms. The Morgan fingerprint density at radius 1 is 1.43 bits per heavy atom. The second kappa shape index (κ2) is 2.99. The number of fused-ring (bicyclic) bond motifs is 1. The molecule has 0 amide bonds. The molecule has 0 aliphatic carbocycles. The van der Waals surface area contributed by atoms with Gasteiger partial charge in [0.25, 0.3) is 0 Å². The fourth-order valence-corrected chi connectivity index (χ4v) is 2.29. The summed E-state index contributed by atoms with van der Waals surface area (Å²) in [5, 5.41) is 20.5. The minimum atomic E-state index is -0.963. The summed E-state index contributed by atoms with van der Waals surface area (Å²) in [6.07, 6.45) is 0. The van der Waals surface area contributed by atoms with Crippen LogP contribution in [-0.2, 0) is 0 Å². The molecular formula is C10H8O3S. The molecule has 2 rings (SSSR count). The number of carbonyl (C=O) groups is 1. The standard InChI is InChI=1S/C10H8O3S/c1-5-2-9-7(8(11)4-14-9)3-6(5)10(12)13/h2-4,11H,1H3,(H,12,13). The molecule has 0 atom stereocenters. The summed E-state index contributed by atoms with van der Waals surface area (Å²) in [7, 11) is 0. The van der Waals surface area contributed by atoms with E-state index in [-0.39, 0.29) is 11.3 Å². The van der Waals surface area contributed by atoms with Crippen LogP contribution in [0.15, 0.2) is 17.5 Å². The maximum atomic E-state index is 10.8. The first-order chi connectivity index (χ1) is 6.59. The maximum Gasteiger partial charge on any atom is 0.335 e. The van der Waals surface area contributed by atoms with E-state index in [1.54, 1.807) is 18.4 Å². The van der Waals surface area contributed by atoms with E-state index in [0.717, 1.165) is 4.70 Å². The lowest BCUT2D eigenvalue weighted by molar-refractivity contribution is 0.0696. The predicted octanol–water partition coefficient (Wildman–Crippen LogP) is 2.61. The van der Waals surface area contributed by atoms with Gasteiger partial charge in [0.1, 0.15) is 5.75 Å². The molecule has 0 aliphatic heterocycles. The molecule has 2 N–H and O–H groups in total. The minimum absolute atomic E-state index is 0.146. The van der Waals surface area contributed by atoms with Crippen molar-refractivity contribution in [2.45, 2.75) is 6.92 Å². The molecule has 1 aromatic carbocycles. The van der Waals surface area contributed by atoms with Gasteiger partial charge >= 0.3 is 5.97 Å². The van der Waals surface area contributed by atoms with Crippen molar-refractivity contribution in [2.75, 3.05) is 0 Å².